The van der Waals surface area contributed by atoms with Gasteiger partial charge in [-0.05, 0) is 58.1 Å². The lowest BCUT2D eigenvalue weighted by molar-refractivity contribution is 0.337. The first-order chi connectivity index (χ1) is 10.0. The predicted octanol–water partition coefficient (Wildman–Crippen LogP) is 2.66. The van der Waals surface area contributed by atoms with Crippen LogP contribution in [0.25, 0.3) is 10.9 Å². The Kier molecular flexibility index (Phi) is 3.72. The Morgan fingerprint density at radius 1 is 1.24 bits per heavy atom. The highest BCUT2D eigenvalue weighted by Gasteiger charge is 2.22. The Hall–Kier alpha value is -1.81. The molecule has 1 fully saturated rings. The quantitative estimate of drug-likeness (QED) is 0.818. The molecule has 1 aromatic carbocycles. The minimum Gasteiger partial charge on any atom is -0.399 e. The van der Waals surface area contributed by atoms with E-state index in [1.165, 1.54) is 12.1 Å². The maximum absolute atomic E-state index is 5.99. The number of aromatic nitrogens is 1. The number of aryl methyl sites for hydroxylation is 1. The third kappa shape index (κ3) is 2.81. The Morgan fingerprint density at radius 3 is 2.86 bits per heavy atom. The van der Waals surface area contributed by atoms with Crippen LogP contribution in [-0.4, -0.2) is 42.6 Å². The zero-order valence-electron chi connectivity index (χ0n) is 13.1. The zero-order chi connectivity index (χ0) is 15.0. The number of hydrogen-bond acceptors (Lipinski definition) is 4. The molecule has 4 heteroatoms. The Morgan fingerprint density at radius 2 is 2.05 bits per heavy atom. The molecule has 2 heterocycles. The standard InChI is InChI=1S/C17H24N4/c1-12-9-17(15-10-14(18)5-6-16(15)19-12)21-8-4-7-20(3)11-13(21)2/h5-6,9-10,13H,4,7-8,11,18H2,1-3H3. The molecule has 0 radical (unpaired) electrons. The fourth-order valence-corrected chi connectivity index (χ4v) is 3.32. The van der Waals surface area contributed by atoms with Gasteiger partial charge in [0.05, 0.1) is 5.52 Å². The molecule has 0 bridgehead atoms. The highest BCUT2D eigenvalue weighted by Crippen LogP contribution is 2.30. The maximum Gasteiger partial charge on any atom is 0.0727 e. The van der Waals surface area contributed by atoms with Crippen molar-refractivity contribution in [2.24, 2.45) is 0 Å². The summed E-state index contributed by atoms with van der Waals surface area (Å²) in [6.45, 7) is 7.69. The second-order valence-corrected chi connectivity index (χ2v) is 6.22. The van der Waals surface area contributed by atoms with E-state index in [1.54, 1.807) is 0 Å². The largest absolute Gasteiger partial charge is 0.399 e. The number of fused-ring (bicyclic) bond motifs is 1. The fraction of sp³-hybridized carbons (Fsp3) is 0.471. The van der Waals surface area contributed by atoms with E-state index in [9.17, 15) is 0 Å². The van der Waals surface area contributed by atoms with Gasteiger partial charge in [0, 0.05) is 41.6 Å². The van der Waals surface area contributed by atoms with Crippen LogP contribution in [0, 0.1) is 6.92 Å². The van der Waals surface area contributed by atoms with Gasteiger partial charge in [-0.3, -0.25) is 4.98 Å². The van der Waals surface area contributed by atoms with Crippen LogP contribution in [-0.2, 0) is 0 Å². The first-order valence-electron chi connectivity index (χ1n) is 7.66. The number of anilines is 2. The average Bonchev–Trinajstić information content (AvgIpc) is 2.59. The normalized spacial score (nSPS) is 20.7. The second kappa shape index (κ2) is 5.53. The molecular formula is C17H24N4. The molecule has 4 nitrogen and oxygen atoms in total. The molecule has 0 saturated carbocycles. The van der Waals surface area contributed by atoms with Gasteiger partial charge in [-0.2, -0.15) is 0 Å². The number of benzene rings is 1. The van der Waals surface area contributed by atoms with E-state index in [4.69, 9.17) is 5.73 Å². The predicted molar refractivity (Wildman–Crippen MR) is 89.8 cm³/mol. The number of nitrogen functional groups attached to an aromatic ring is 1. The van der Waals surface area contributed by atoms with Gasteiger partial charge in [0.25, 0.3) is 0 Å². The van der Waals surface area contributed by atoms with E-state index in [0.717, 1.165) is 41.9 Å². The van der Waals surface area contributed by atoms with E-state index in [2.05, 4.69) is 47.8 Å². The van der Waals surface area contributed by atoms with Gasteiger partial charge < -0.3 is 15.5 Å². The summed E-state index contributed by atoms with van der Waals surface area (Å²) in [6.07, 6.45) is 1.19. The van der Waals surface area contributed by atoms with Gasteiger partial charge >= 0.3 is 0 Å². The van der Waals surface area contributed by atoms with Gasteiger partial charge in [0.15, 0.2) is 0 Å². The van der Waals surface area contributed by atoms with Crippen molar-refractivity contribution < 1.29 is 0 Å². The number of likely N-dealkylation sites (N-methyl/N-ethyl adjacent to an activating group) is 1. The summed E-state index contributed by atoms with van der Waals surface area (Å²) in [5.41, 5.74) is 10.2. The summed E-state index contributed by atoms with van der Waals surface area (Å²) in [4.78, 5) is 9.57. The van der Waals surface area contributed by atoms with Crippen LogP contribution in [0.4, 0.5) is 11.4 Å². The first-order valence-corrected chi connectivity index (χ1v) is 7.66. The van der Waals surface area contributed by atoms with E-state index < -0.39 is 0 Å². The molecule has 112 valence electrons. The molecule has 0 aliphatic carbocycles. The Bertz CT molecular complexity index is 653. The van der Waals surface area contributed by atoms with E-state index in [0.29, 0.717) is 6.04 Å². The van der Waals surface area contributed by atoms with Crippen molar-refractivity contribution in [2.75, 3.05) is 37.3 Å². The summed E-state index contributed by atoms with van der Waals surface area (Å²) in [5, 5.41) is 1.16. The molecule has 0 amide bonds. The monoisotopic (exact) mass is 284 g/mol. The van der Waals surface area contributed by atoms with Crippen molar-refractivity contribution in [3.63, 3.8) is 0 Å². The average molecular weight is 284 g/mol. The van der Waals surface area contributed by atoms with E-state index >= 15 is 0 Å². The number of hydrogen-bond donors (Lipinski definition) is 1. The number of nitrogens with zero attached hydrogens (tertiary/aromatic N) is 3. The van der Waals surface area contributed by atoms with Crippen LogP contribution in [0.5, 0.6) is 0 Å². The van der Waals surface area contributed by atoms with E-state index in [1.807, 2.05) is 12.1 Å². The molecule has 3 rings (SSSR count). The van der Waals surface area contributed by atoms with Crippen LogP contribution >= 0.6 is 0 Å². The summed E-state index contributed by atoms with van der Waals surface area (Å²) in [6, 6.07) is 8.69. The van der Waals surface area contributed by atoms with Gasteiger partial charge in [-0.15, -0.1) is 0 Å². The molecule has 2 aromatic rings. The highest BCUT2D eigenvalue weighted by molar-refractivity contribution is 5.94. The minimum atomic E-state index is 0.490. The van der Waals surface area contributed by atoms with Crippen LogP contribution in [0.15, 0.2) is 24.3 Å². The molecule has 1 unspecified atom stereocenters. The van der Waals surface area contributed by atoms with Gasteiger partial charge in [0.1, 0.15) is 0 Å². The van der Waals surface area contributed by atoms with Gasteiger partial charge in [-0.25, -0.2) is 0 Å². The van der Waals surface area contributed by atoms with Crippen LogP contribution < -0.4 is 10.6 Å². The van der Waals surface area contributed by atoms with Crippen molar-refractivity contribution in [3.05, 3.63) is 30.0 Å². The third-order valence-corrected chi connectivity index (χ3v) is 4.30. The van der Waals surface area contributed by atoms with Crippen molar-refractivity contribution in [3.8, 4) is 0 Å². The molecule has 1 aromatic heterocycles. The smallest absolute Gasteiger partial charge is 0.0727 e. The summed E-state index contributed by atoms with van der Waals surface area (Å²) in [5.74, 6) is 0. The fourth-order valence-electron chi connectivity index (χ4n) is 3.32. The molecule has 21 heavy (non-hydrogen) atoms. The number of rotatable bonds is 1. The van der Waals surface area contributed by atoms with Gasteiger partial charge in [0.2, 0.25) is 0 Å². The van der Waals surface area contributed by atoms with Crippen molar-refractivity contribution in [1.82, 2.24) is 9.88 Å². The molecule has 1 saturated heterocycles. The number of nitrogens with two attached hydrogens (primary N) is 1. The molecule has 1 atom stereocenters. The Balaban J connectivity index is 2.11. The minimum absolute atomic E-state index is 0.490. The summed E-state index contributed by atoms with van der Waals surface area (Å²) < 4.78 is 0. The summed E-state index contributed by atoms with van der Waals surface area (Å²) >= 11 is 0. The molecule has 1 aliphatic rings. The SMILES string of the molecule is Cc1cc(N2CCCN(C)CC2C)c2cc(N)ccc2n1. The lowest BCUT2D eigenvalue weighted by atomic mass is 10.1. The van der Waals surface area contributed by atoms with Crippen molar-refractivity contribution >= 4 is 22.3 Å². The topological polar surface area (TPSA) is 45.4 Å². The van der Waals surface area contributed by atoms with Crippen LogP contribution in [0.2, 0.25) is 0 Å². The molecular weight excluding hydrogens is 260 g/mol. The zero-order valence-corrected chi connectivity index (χ0v) is 13.1. The lowest BCUT2D eigenvalue weighted by Gasteiger charge is -2.31. The molecule has 2 N–H and O–H groups in total. The van der Waals surface area contributed by atoms with Crippen molar-refractivity contribution in [2.45, 2.75) is 26.3 Å². The first kappa shape index (κ1) is 14.1. The summed E-state index contributed by atoms with van der Waals surface area (Å²) in [7, 11) is 2.20. The number of pyridine rings is 1. The third-order valence-electron chi connectivity index (χ3n) is 4.30. The lowest BCUT2D eigenvalue weighted by Crippen LogP contribution is -2.38. The maximum atomic E-state index is 5.99. The van der Waals surface area contributed by atoms with E-state index in [-0.39, 0.29) is 0 Å². The van der Waals surface area contributed by atoms with Gasteiger partial charge in [-0.1, -0.05) is 0 Å². The molecule has 0 spiro atoms. The Labute approximate surface area is 126 Å². The highest BCUT2D eigenvalue weighted by atomic mass is 15.2. The second-order valence-electron chi connectivity index (χ2n) is 6.22. The van der Waals surface area contributed by atoms with Crippen LogP contribution in [0.1, 0.15) is 19.0 Å². The molecule has 1 aliphatic heterocycles. The van der Waals surface area contributed by atoms with Crippen molar-refractivity contribution in [1.29, 1.82) is 0 Å². The van der Waals surface area contributed by atoms with Crippen LogP contribution in [0.3, 0.4) is 0 Å².